The van der Waals surface area contributed by atoms with Gasteiger partial charge < -0.3 is 15.5 Å². The van der Waals surface area contributed by atoms with Gasteiger partial charge in [-0.2, -0.15) is 0 Å². The Balaban J connectivity index is 2.10. The van der Waals surface area contributed by atoms with Gasteiger partial charge in [0.1, 0.15) is 5.75 Å². The highest BCUT2D eigenvalue weighted by Crippen LogP contribution is 2.27. The Kier molecular flexibility index (Phi) is 4.64. The minimum Gasteiger partial charge on any atom is -0.508 e. The van der Waals surface area contributed by atoms with Crippen molar-refractivity contribution in [3.8, 4) is 5.75 Å². The molecule has 2 aromatic carbocycles. The molecule has 1 atom stereocenters. The summed E-state index contributed by atoms with van der Waals surface area (Å²) < 4.78 is 0. The number of aromatic hydroxyl groups is 1. The maximum atomic E-state index is 9.93. The number of phenolic OH excluding ortho intramolecular Hbond substituents is 1. The molecule has 3 N–H and O–H groups in total. The second-order valence-electron chi connectivity index (χ2n) is 5.10. The zero-order chi connectivity index (χ0) is 14.5. The summed E-state index contributed by atoms with van der Waals surface area (Å²) in [4.78, 5) is 0. The van der Waals surface area contributed by atoms with Crippen LogP contribution in [0.5, 0.6) is 5.75 Å². The number of rotatable bonds is 5. The van der Waals surface area contributed by atoms with Crippen LogP contribution in [-0.4, -0.2) is 16.8 Å². The van der Waals surface area contributed by atoms with E-state index in [1.54, 1.807) is 6.07 Å². The van der Waals surface area contributed by atoms with Crippen molar-refractivity contribution < 1.29 is 10.2 Å². The highest BCUT2D eigenvalue weighted by Gasteiger charge is 2.10. The fraction of sp³-hybridized carbons (Fsp3) is 0.294. The van der Waals surface area contributed by atoms with Gasteiger partial charge >= 0.3 is 0 Å². The van der Waals surface area contributed by atoms with Gasteiger partial charge in [0, 0.05) is 17.9 Å². The molecule has 0 aliphatic heterocycles. The van der Waals surface area contributed by atoms with Crippen LogP contribution in [-0.2, 0) is 6.42 Å². The minimum absolute atomic E-state index is 0.0265. The number of anilines is 1. The smallest absolute Gasteiger partial charge is 0.120 e. The summed E-state index contributed by atoms with van der Waals surface area (Å²) in [6.07, 6.45) is 0.675. The molecule has 0 amide bonds. The molecule has 0 heterocycles. The van der Waals surface area contributed by atoms with Gasteiger partial charge in [-0.3, -0.25) is 0 Å². The van der Waals surface area contributed by atoms with Crippen LogP contribution in [0, 0.1) is 6.92 Å². The van der Waals surface area contributed by atoms with Crippen LogP contribution in [0.25, 0.3) is 0 Å². The van der Waals surface area contributed by atoms with Gasteiger partial charge in [0.2, 0.25) is 0 Å². The lowest BCUT2D eigenvalue weighted by molar-refractivity contribution is 0.299. The first-order valence-electron chi connectivity index (χ1n) is 6.86. The summed E-state index contributed by atoms with van der Waals surface area (Å²) in [6, 6.07) is 13.6. The van der Waals surface area contributed by atoms with E-state index in [4.69, 9.17) is 5.11 Å². The quantitative estimate of drug-likeness (QED) is 0.781. The third-order valence-corrected chi connectivity index (χ3v) is 3.39. The Morgan fingerprint density at radius 2 is 1.80 bits per heavy atom. The molecule has 2 rings (SSSR count). The van der Waals surface area contributed by atoms with E-state index in [9.17, 15) is 5.11 Å². The van der Waals surface area contributed by atoms with E-state index in [0.717, 1.165) is 22.4 Å². The summed E-state index contributed by atoms with van der Waals surface area (Å²) in [5.41, 5.74) is 4.14. The maximum absolute atomic E-state index is 9.93. The fourth-order valence-electron chi connectivity index (χ4n) is 2.25. The zero-order valence-corrected chi connectivity index (χ0v) is 11.9. The van der Waals surface area contributed by atoms with Crippen molar-refractivity contribution in [1.29, 1.82) is 0 Å². The lowest BCUT2D eigenvalue weighted by atomic mass is 10.0. The Labute approximate surface area is 119 Å². The van der Waals surface area contributed by atoms with Crippen molar-refractivity contribution in [2.75, 3.05) is 11.9 Å². The average molecular weight is 271 g/mol. The van der Waals surface area contributed by atoms with Crippen molar-refractivity contribution in [3.05, 3.63) is 59.2 Å². The van der Waals surface area contributed by atoms with Crippen LogP contribution in [0.15, 0.2) is 42.5 Å². The van der Waals surface area contributed by atoms with Crippen LogP contribution < -0.4 is 5.32 Å². The predicted octanol–water partition coefficient (Wildman–Crippen LogP) is 3.41. The number of aliphatic hydroxyl groups is 1. The van der Waals surface area contributed by atoms with Gasteiger partial charge in [-0.15, -0.1) is 0 Å². The van der Waals surface area contributed by atoms with E-state index in [0.29, 0.717) is 12.2 Å². The first-order valence-corrected chi connectivity index (χ1v) is 6.86. The maximum Gasteiger partial charge on any atom is 0.120 e. The third kappa shape index (κ3) is 3.52. The highest BCUT2D eigenvalue weighted by molar-refractivity contribution is 5.49. The topological polar surface area (TPSA) is 52.5 Å². The van der Waals surface area contributed by atoms with Crippen LogP contribution in [0.4, 0.5) is 5.69 Å². The molecular formula is C17H21NO2. The van der Waals surface area contributed by atoms with Gasteiger partial charge in [0.05, 0.1) is 6.04 Å². The summed E-state index contributed by atoms with van der Waals surface area (Å²) in [6.45, 7) is 4.20. The molecule has 20 heavy (non-hydrogen) atoms. The summed E-state index contributed by atoms with van der Waals surface area (Å²) in [5.74, 6) is 0.313. The Hall–Kier alpha value is -2.00. The predicted molar refractivity (Wildman–Crippen MR) is 82.1 cm³/mol. The van der Waals surface area contributed by atoms with Crippen molar-refractivity contribution in [1.82, 2.24) is 0 Å². The van der Waals surface area contributed by atoms with E-state index in [1.807, 2.05) is 50.2 Å². The lowest BCUT2D eigenvalue weighted by Crippen LogP contribution is -2.07. The second-order valence-corrected chi connectivity index (χ2v) is 5.10. The van der Waals surface area contributed by atoms with Crippen LogP contribution in [0.2, 0.25) is 0 Å². The first kappa shape index (κ1) is 14.4. The van der Waals surface area contributed by atoms with Crippen molar-refractivity contribution in [3.63, 3.8) is 0 Å². The van der Waals surface area contributed by atoms with Gasteiger partial charge in [-0.25, -0.2) is 0 Å². The van der Waals surface area contributed by atoms with E-state index in [2.05, 4.69) is 5.32 Å². The molecule has 0 aliphatic rings. The van der Waals surface area contributed by atoms with Crippen molar-refractivity contribution in [2.24, 2.45) is 0 Å². The number of hydrogen-bond donors (Lipinski definition) is 3. The summed E-state index contributed by atoms with van der Waals surface area (Å²) >= 11 is 0. The zero-order valence-electron chi connectivity index (χ0n) is 11.9. The average Bonchev–Trinajstić information content (AvgIpc) is 2.44. The Morgan fingerprint density at radius 1 is 1.10 bits per heavy atom. The molecule has 0 radical (unpaired) electrons. The number of aliphatic hydroxyl groups excluding tert-OH is 1. The molecule has 106 valence electrons. The number of benzene rings is 2. The number of aryl methyl sites for hydroxylation is 1. The van der Waals surface area contributed by atoms with E-state index >= 15 is 0 Å². The Bertz CT molecular complexity index is 564. The summed E-state index contributed by atoms with van der Waals surface area (Å²) in [5, 5.41) is 22.2. The van der Waals surface area contributed by atoms with Crippen molar-refractivity contribution in [2.45, 2.75) is 26.3 Å². The van der Waals surface area contributed by atoms with Crippen LogP contribution in [0.3, 0.4) is 0 Å². The SMILES string of the molecule is Cc1ccc(O)c(C(C)Nc2ccc(CCO)cc2)c1. The molecule has 0 saturated heterocycles. The third-order valence-electron chi connectivity index (χ3n) is 3.39. The fourth-order valence-corrected chi connectivity index (χ4v) is 2.25. The van der Waals surface area contributed by atoms with E-state index in [1.165, 1.54) is 0 Å². The standard InChI is InChI=1S/C17H21NO2/c1-12-3-8-17(20)16(11-12)13(2)18-15-6-4-14(5-7-15)9-10-19/h3-8,11,13,18-20H,9-10H2,1-2H3. The molecule has 0 aliphatic carbocycles. The molecule has 0 bridgehead atoms. The monoisotopic (exact) mass is 271 g/mol. The molecular weight excluding hydrogens is 250 g/mol. The van der Waals surface area contributed by atoms with Gasteiger partial charge in [-0.05, 0) is 44.0 Å². The number of phenols is 1. The molecule has 1 unspecified atom stereocenters. The summed E-state index contributed by atoms with van der Waals surface area (Å²) in [7, 11) is 0. The second kappa shape index (κ2) is 6.44. The minimum atomic E-state index is 0.0265. The van der Waals surface area contributed by atoms with Gasteiger partial charge in [0.25, 0.3) is 0 Å². The normalized spacial score (nSPS) is 12.2. The van der Waals surface area contributed by atoms with E-state index in [-0.39, 0.29) is 12.6 Å². The van der Waals surface area contributed by atoms with E-state index < -0.39 is 0 Å². The lowest BCUT2D eigenvalue weighted by Gasteiger charge is -2.17. The molecule has 0 fully saturated rings. The molecule has 0 aromatic heterocycles. The molecule has 0 saturated carbocycles. The number of hydrogen-bond acceptors (Lipinski definition) is 3. The van der Waals surface area contributed by atoms with Crippen LogP contribution >= 0.6 is 0 Å². The Morgan fingerprint density at radius 3 is 2.45 bits per heavy atom. The van der Waals surface area contributed by atoms with Gasteiger partial charge in [-0.1, -0.05) is 29.8 Å². The van der Waals surface area contributed by atoms with Crippen molar-refractivity contribution >= 4 is 5.69 Å². The molecule has 3 heteroatoms. The molecule has 3 nitrogen and oxygen atoms in total. The number of nitrogens with one attached hydrogen (secondary N) is 1. The van der Waals surface area contributed by atoms with Crippen LogP contribution in [0.1, 0.15) is 29.7 Å². The largest absolute Gasteiger partial charge is 0.508 e. The molecule has 0 spiro atoms. The van der Waals surface area contributed by atoms with Gasteiger partial charge in [0.15, 0.2) is 0 Å². The first-order chi connectivity index (χ1) is 9.60. The highest BCUT2D eigenvalue weighted by atomic mass is 16.3. The molecule has 2 aromatic rings.